The van der Waals surface area contributed by atoms with Crippen LogP contribution in [0.2, 0.25) is 0 Å². The number of amides is 1. The highest BCUT2D eigenvalue weighted by molar-refractivity contribution is 7.22. The first kappa shape index (κ1) is 33.8. The molecule has 0 unspecified atom stereocenters. The number of carboxylic acid groups (broad SMARTS) is 2. The van der Waals surface area contributed by atoms with Gasteiger partial charge in [-0.25, -0.2) is 14.6 Å². The first-order valence-electron chi connectivity index (χ1n) is 12.4. The molecule has 4 N–H and O–H groups in total. The number of halogens is 6. The number of rotatable bonds is 6. The number of aromatic nitrogens is 2. The maximum atomic E-state index is 12.9. The van der Waals surface area contributed by atoms with Gasteiger partial charge in [0.15, 0.2) is 10.8 Å². The van der Waals surface area contributed by atoms with Crippen molar-refractivity contribution in [2.75, 3.05) is 5.32 Å². The summed E-state index contributed by atoms with van der Waals surface area (Å²) >= 11 is 1.08. The van der Waals surface area contributed by atoms with Crippen LogP contribution in [0.5, 0.6) is 0 Å². The maximum absolute atomic E-state index is 12.9. The Kier molecular flexibility index (Phi) is 9.88. The minimum atomic E-state index is -5.08. The highest BCUT2D eigenvalue weighted by atomic mass is 32.1. The Morgan fingerprint density at radius 3 is 1.84 bits per heavy atom. The average Bonchev–Trinajstić information content (AvgIpc) is 3.32. The van der Waals surface area contributed by atoms with E-state index in [1.165, 1.54) is 0 Å². The molecule has 0 fully saturated rings. The van der Waals surface area contributed by atoms with Gasteiger partial charge in [0.05, 0.1) is 10.3 Å². The van der Waals surface area contributed by atoms with Crippen LogP contribution in [0.1, 0.15) is 36.7 Å². The number of carboxylic acids is 2. The van der Waals surface area contributed by atoms with Gasteiger partial charge >= 0.3 is 24.3 Å². The largest absolute Gasteiger partial charge is 0.490 e. The van der Waals surface area contributed by atoms with Crippen molar-refractivity contribution in [3.63, 3.8) is 0 Å². The van der Waals surface area contributed by atoms with Gasteiger partial charge in [0.1, 0.15) is 6.04 Å². The number of pyridine rings is 1. The van der Waals surface area contributed by atoms with Gasteiger partial charge in [-0.2, -0.15) is 31.3 Å². The summed E-state index contributed by atoms with van der Waals surface area (Å²) in [6, 6.07) is 14.1. The lowest BCUT2D eigenvalue weighted by Gasteiger charge is -2.27. The van der Waals surface area contributed by atoms with Crippen LogP contribution < -0.4 is 10.6 Å². The number of alkyl halides is 6. The number of carbonyl (C=O) groups excluding carboxylic acids is 1. The Morgan fingerprint density at radius 2 is 1.39 bits per heavy atom. The number of nitrogens with one attached hydrogen (secondary N) is 2. The van der Waals surface area contributed by atoms with E-state index < -0.39 is 47.2 Å². The summed E-state index contributed by atoms with van der Waals surface area (Å²) in [4.78, 5) is 41.0. The van der Waals surface area contributed by atoms with Gasteiger partial charge < -0.3 is 20.8 Å². The van der Waals surface area contributed by atoms with E-state index in [1.807, 2.05) is 12.1 Å². The van der Waals surface area contributed by atoms with E-state index in [4.69, 9.17) is 9.90 Å². The zero-order chi connectivity index (χ0) is 33.0. The van der Waals surface area contributed by atoms with Crippen LogP contribution in [-0.2, 0) is 15.8 Å². The van der Waals surface area contributed by atoms with E-state index in [1.54, 1.807) is 57.2 Å². The van der Waals surface area contributed by atoms with Crippen molar-refractivity contribution in [2.45, 2.75) is 39.2 Å². The molecular formula is C28H24F6N4O5S. The van der Waals surface area contributed by atoms with E-state index >= 15 is 0 Å². The topological polar surface area (TPSA) is 142 Å². The molecule has 0 aliphatic heterocycles. The lowest BCUT2D eigenvalue weighted by Crippen LogP contribution is -2.49. The molecule has 0 bridgehead atoms. The van der Waals surface area contributed by atoms with Crippen molar-refractivity contribution < 1.29 is 50.9 Å². The van der Waals surface area contributed by atoms with Crippen molar-refractivity contribution in [2.24, 2.45) is 5.41 Å². The molecule has 234 valence electrons. The summed E-state index contributed by atoms with van der Waals surface area (Å²) in [6.07, 6.45) is -8.78. The highest BCUT2D eigenvalue weighted by Gasteiger charge is 2.38. The Morgan fingerprint density at radius 1 is 0.864 bits per heavy atom. The van der Waals surface area contributed by atoms with Crippen molar-refractivity contribution >= 4 is 50.3 Å². The number of benzene rings is 2. The molecule has 44 heavy (non-hydrogen) atoms. The van der Waals surface area contributed by atoms with Gasteiger partial charge in [-0.15, -0.1) is 0 Å². The van der Waals surface area contributed by atoms with Crippen LogP contribution in [0, 0.1) is 5.41 Å². The normalized spacial score (nSPS) is 12.6. The molecule has 2 aromatic heterocycles. The molecule has 1 atom stereocenters. The van der Waals surface area contributed by atoms with Crippen LogP contribution in [0.3, 0.4) is 0 Å². The third kappa shape index (κ3) is 8.89. The molecule has 2 heterocycles. The number of aliphatic carboxylic acids is 2. The second-order valence-electron chi connectivity index (χ2n) is 10.3. The molecular weight excluding hydrogens is 618 g/mol. The number of thiazole rings is 1. The SMILES string of the molecule is CC(C)(C)[C@H](NC(=O)c1ccc(-c2ccc(Nc3nc4ncc(C(F)(F)F)cc4s3)cc2)cc1)C(=O)O.O=C(O)C(F)(F)F. The van der Waals surface area contributed by atoms with Gasteiger partial charge in [-0.05, 0) is 46.9 Å². The summed E-state index contributed by atoms with van der Waals surface area (Å²) < 4.78 is 70.8. The monoisotopic (exact) mass is 642 g/mol. The first-order valence-corrected chi connectivity index (χ1v) is 13.2. The number of nitrogens with zero attached hydrogens (tertiary/aromatic N) is 2. The van der Waals surface area contributed by atoms with E-state index in [2.05, 4.69) is 20.6 Å². The van der Waals surface area contributed by atoms with Gasteiger partial charge in [0.2, 0.25) is 0 Å². The van der Waals surface area contributed by atoms with Crippen LogP contribution >= 0.6 is 11.3 Å². The van der Waals surface area contributed by atoms with E-state index in [9.17, 15) is 41.0 Å². The van der Waals surface area contributed by atoms with Gasteiger partial charge in [-0.1, -0.05) is 56.4 Å². The number of fused-ring (bicyclic) bond motifs is 1. The van der Waals surface area contributed by atoms with Crippen LogP contribution in [-0.4, -0.2) is 50.2 Å². The van der Waals surface area contributed by atoms with E-state index in [0.717, 1.165) is 34.7 Å². The molecule has 16 heteroatoms. The third-order valence-corrected chi connectivity index (χ3v) is 6.73. The molecule has 1 amide bonds. The van der Waals surface area contributed by atoms with Crippen LogP contribution in [0.4, 0.5) is 37.2 Å². The smallest absolute Gasteiger partial charge is 0.480 e. The maximum Gasteiger partial charge on any atom is 0.490 e. The minimum Gasteiger partial charge on any atom is -0.480 e. The summed E-state index contributed by atoms with van der Waals surface area (Å²) in [6.45, 7) is 5.22. The second-order valence-corrected chi connectivity index (χ2v) is 11.3. The Bertz CT molecular complexity index is 1650. The molecule has 0 saturated heterocycles. The number of carbonyl (C=O) groups is 3. The van der Waals surface area contributed by atoms with Crippen molar-refractivity contribution in [3.8, 4) is 11.1 Å². The minimum absolute atomic E-state index is 0.235. The van der Waals surface area contributed by atoms with Gasteiger partial charge in [0, 0.05) is 17.4 Å². The van der Waals surface area contributed by atoms with Crippen LogP contribution in [0.25, 0.3) is 21.5 Å². The first-order chi connectivity index (χ1) is 20.3. The lowest BCUT2D eigenvalue weighted by molar-refractivity contribution is -0.192. The molecule has 0 aliphatic carbocycles. The fourth-order valence-corrected chi connectivity index (χ4v) is 4.46. The molecule has 9 nitrogen and oxygen atoms in total. The predicted molar refractivity (Wildman–Crippen MR) is 150 cm³/mol. The molecule has 0 aliphatic rings. The van der Waals surface area contributed by atoms with Crippen molar-refractivity contribution in [1.82, 2.24) is 15.3 Å². The van der Waals surface area contributed by atoms with Crippen LogP contribution in [0.15, 0.2) is 60.8 Å². The van der Waals surface area contributed by atoms with Gasteiger partial charge in [0.25, 0.3) is 5.91 Å². The second kappa shape index (κ2) is 12.9. The summed E-state index contributed by atoms with van der Waals surface area (Å²) in [5.41, 5.74) is 1.52. The lowest BCUT2D eigenvalue weighted by atomic mass is 9.86. The Hall–Kier alpha value is -4.73. The third-order valence-electron chi connectivity index (χ3n) is 5.82. The fraction of sp³-hybridized carbons (Fsp3) is 0.250. The fourth-order valence-electron chi connectivity index (χ4n) is 3.57. The molecule has 0 saturated carbocycles. The van der Waals surface area contributed by atoms with Crippen molar-refractivity contribution in [1.29, 1.82) is 0 Å². The molecule has 4 rings (SSSR count). The van der Waals surface area contributed by atoms with E-state index in [-0.39, 0.29) is 5.65 Å². The number of hydrogen-bond acceptors (Lipinski definition) is 7. The highest BCUT2D eigenvalue weighted by Crippen LogP contribution is 2.34. The summed E-state index contributed by atoms with van der Waals surface area (Å²) in [5.74, 6) is -4.33. The average molecular weight is 643 g/mol. The summed E-state index contributed by atoms with van der Waals surface area (Å²) in [5, 5.41) is 22.6. The Labute approximate surface area is 249 Å². The Balaban J connectivity index is 0.000000676. The molecule has 0 spiro atoms. The quantitative estimate of drug-likeness (QED) is 0.165. The summed E-state index contributed by atoms with van der Waals surface area (Å²) in [7, 11) is 0. The molecule has 0 radical (unpaired) electrons. The zero-order valence-corrected chi connectivity index (χ0v) is 23.9. The van der Waals surface area contributed by atoms with E-state index in [0.29, 0.717) is 21.1 Å². The van der Waals surface area contributed by atoms with Gasteiger partial charge in [-0.3, -0.25) is 4.79 Å². The number of anilines is 2. The predicted octanol–water partition coefficient (Wildman–Crippen LogP) is 6.98. The molecule has 4 aromatic rings. The van der Waals surface area contributed by atoms with Crippen molar-refractivity contribution in [3.05, 3.63) is 71.9 Å². The number of hydrogen-bond donors (Lipinski definition) is 4. The zero-order valence-electron chi connectivity index (χ0n) is 23.0. The standard InChI is InChI=1S/C26H23F3N4O3S.C2HF3O2/c1-25(2,3)20(23(35)36)32-22(34)16-6-4-14(5-7-16)15-8-10-18(11-9-15)31-24-33-21-19(37-24)12-17(13-30-21)26(27,28)29;3-2(4,5)1(6)7/h4-13,20H,1-3H3,(H,32,34)(H,35,36)(H,30,31,33);(H,6,7)/t20-;/m1./s1. The molecule has 2 aromatic carbocycles.